The Kier molecular flexibility index (Phi) is 4.36. The highest BCUT2D eigenvalue weighted by molar-refractivity contribution is 9.10. The lowest BCUT2D eigenvalue weighted by atomic mass is 10.0. The lowest BCUT2D eigenvalue weighted by Crippen LogP contribution is -1.88. The summed E-state index contributed by atoms with van der Waals surface area (Å²) in [5.74, 6) is 0.0489. The summed E-state index contributed by atoms with van der Waals surface area (Å²) in [5, 5.41) is 29.6. The van der Waals surface area contributed by atoms with Crippen molar-refractivity contribution in [2.75, 3.05) is 0 Å². The number of rotatable bonds is 3. The van der Waals surface area contributed by atoms with E-state index >= 15 is 0 Å². The molecule has 0 heterocycles. The van der Waals surface area contributed by atoms with Crippen molar-refractivity contribution in [3.63, 3.8) is 0 Å². The van der Waals surface area contributed by atoms with E-state index in [1.54, 1.807) is 12.1 Å². The first-order valence-corrected chi connectivity index (χ1v) is 6.65. The van der Waals surface area contributed by atoms with Gasteiger partial charge in [-0.3, -0.25) is 10.1 Å². The zero-order chi connectivity index (χ0) is 15.4. The first kappa shape index (κ1) is 14.8. The van der Waals surface area contributed by atoms with Crippen LogP contribution in [0.3, 0.4) is 0 Å². The number of phenolic OH excluding ortho intramolecular Hbond substituents is 1. The Hall–Kier alpha value is -2.65. The van der Waals surface area contributed by atoms with E-state index in [0.29, 0.717) is 16.7 Å². The van der Waals surface area contributed by atoms with Crippen LogP contribution in [0.15, 0.2) is 46.9 Å². The molecule has 0 aliphatic carbocycles. The van der Waals surface area contributed by atoms with Crippen LogP contribution in [0.2, 0.25) is 0 Å². The summed E-state index contributed by atoms with van der Waals surface area (Å²) in [6.45, 7) is 0. The van der Waals surface area contributed by atoms with Crippen LogP contribution in [0.25, 0.3) is 11.6 Å². The molecule has 0 unspecified atom stereocenters. The molecule has 6 heteroatoms. The predicted molar refractivity (Wildman–Crippen MR) is 82.4 cm³/mol. The number of hydrogen-bond donors (Lipinski definition) is 1. The van der Waals surface area contributed by atoms with Gasteiger partial charge in [0.1, 0.15) is 5.75 Å². The molecule has 0 saturated heterocycles. The molecule has 5 nitrogen and oxygen atoms in total. The van der Waals surface area contributed by atoms with Gasteiger partial charge in [0.25, 0.3) is 5.69 Å². The number of halogens is 1. The Bertz CT molecular complexity index is 761. The Morgan fingerprint density at radius 2 is 1.95 bits per heavy atom. The van der Waals surface area contributed by atoms with E-state index in [0.717, 1.165) is 4.47 Å². The molecule has 1 N–H and O–H groups in total. The van der Waals surface area contributed by atoms with Crippen LogP contribution in [-0.2, 0) is 0 Å². The van der Waals surface area contributed by atoms with Crippen molar-refractivity contribution in [3.8, 4) is 11.8 Å². The summed E-state index contributed by atoms with van der Waals surface area (Å²) < 4.78 is 0.771. The van der Waals surface area contributed by atoms with Gasteiger partial charge in [0.2, 0.25) is 0 Å². The number of non-ortho nitro benzene ring substituents is 1. The summed E-state index contributed by atoms with van der Waals surface area (Å²) in [6.07, 6.45) is 1.53. The number of nitriles is 1. The molecular formula is C15H9BrN2O3. The Morgan fingerprint density at radius 1 is 1.29 bits per heavy atom. The highest BCUT2D eigenvalue weighted by Gasteiger charge is 2.08. The number of nitrogens with zero attached hydrogens (tertiary/aromatic N) is 2. The first-order valence-electron chi connectivity index (χ1n) is 5.86. The third-order valence-corrected chi connectivity index (χ3v) is 3.29. The van der Waals surface area contributed by atoms with Crippen LogP contribution in [-0.4, -0.2) is 10.0 Å². The summed E-state index contributed by atoms with van der Waals surface area (Å²) >= 11 is 3.29. The number of nitro groups is 1. The number of aromatic hydroxyl groups is 1. The summed E-state index contributed by atoms with van der Waals surface area (Å²) in [7, 11) is 0. The largest absolute Gasteiger partial charge is 0.507 e. The van der Waals surface area contributed by atoms with E-state index in [4.69, 9.17) is 0 Å². The normalized spacial score (nSPS) is 11.0. The van der Waals surface area contributed by atoms with E-state index < -0.39 is 4.92 Å². The Balaban J connectivity index is 2.44. The van der Waals surface area contributed by atoms with Crippen LogP contribution in [0.4, 0.5) is 5.69 Å². The van der Waals surface area contributed by atoms with Crippen LogP contribution in [0, 0.1) is 21.4 Å². The SMILES string of the molecule is N#C/C(=C/c1cc(Br)ccc1O)c1ccc([N+](=O)[O-])cc1. The second-order valence-electron chi connectivity index (χ2n) is 4.18. The Labute approximate surface area is 129 Å². The van der Waals surface area contributed by atoms with Gasteiger partial charge < -0.3 is 5.11 Å². The maximum Gasteiger partial charge on any atom is 0.269 e. The second kappa shape index (κ2) is 6.20. The number of benzene rings is 2. The van der Waals surface area contributed by atoms with Gasteiger partial charge in [-0.25, -0.2) is 0 Å². The zero-order valence-electron chi connectivity index (χ0n) is 10.7. The first-order chi connectivity index (χ1) is 10.0. The standard InChI is InChI=1S/C15H9BrN2O3/c16-13-3-6-15(19)11(8-13)7-12(9-17)10-1-4-14(5-2-10)18(20)21/h1-8,19H/b12-7-. The van der Waals surface area contributed by atoms with Crippen LogP contribution in [0.1, 0.15) is 11.1 Å². The maximum absolute atomic E-state index is 10.6. The molecule has 0 aromatic heterocycles. The molecule has 2 aromatic rings. The fourth-order valence-electron chi connectivity index (χ4n) is 1.74. The van der Waals surface area contributed by atoms with E-state index in [9.17, 15) is 20.5 Å². The molecule has 104 valence electrons. The monoisotopic (exact) mass is 344 g/mol. The van der Waals surface area contributed by atoms with Gasteiger partial charge in [-0.05, 0) is 42.0 Å². The topological polar surface area (TPSA) is 87.2 Å². The molecule has 2 aromatic carbocycles. The predicted octanol–water partition coefficient (Wildman–Crippen LogP) is 4.13. The van der Waals surface area contributed by atoms with E-state index in [2.05, 4.69) is 15.9 Å². The van der Waals surface area contributed by atoms with Gasteiger partial charge in [-0.1, -0.05) is 15.9 Å². The van der Waals surface area contributed by atoms with Crippen molar-refractivity contribution in [2.24, 2.45) is 0 Å². The van der Waals surface area contributed by atoms with Gasteiger partial charge in [-0.15, -0.1) is 0 Å². The molecule has 21 heavy (non-hydrogen) atoms. The molecule has 0 saturated carbocycles. The van der Waals surface area contributed by atoms with Crippen LogP contribution in [0.5, 0.6) is 5.75 Å². The summed E-state index contributed by atoms with van der Waals surface area (Å²) in [6, 6.07) is 12.6. The quantitative estimate of drug-likeness (QED) is 0.392. The van der Waals surface area contributed by atoms with E-state index in [-0.39, 0.29) is 11.4 Å². The minimum absolute atomic E-state index is 0.0404. The third-order valence-electron chi connectivity index (χ3n) is 2.80. The van der Waals surface area contributed by atoms with Gasteiger partial charge in [0.05, 0.1) is 16.6 Å². The fourth-order valence-corrected chi connectivity index (χ4v) is 2.12. The van der Waals surface area contributed by atoms with Crippen molar-refractivity contribution in [3.05, 3.63) is 68.2 Å². The highest BCUT2D eigenvalue weighted by Crippen LogP contribution is 2.27. The summed E-state index contributed by atoms with van der Waals surface area (Å²) in [5.41, 5.74) is 1.29. The minimum Gasteiger partial charge on any atom is -0.507 e. The fraction of sp³-hybridized carbons (Fsp3) is 0. The smallest absolute Gasteiger partial charge is 0.269 e. The van der Waals surface area contributed by atoms with Gasteiger partial charge in [0.15, 0.2) is 0 Å². The second-order valence-corrected chi connectivity index (χ2v) is 5.09. The summed E-state index contributed by atoms with van der Waals surface area (Å²) in [4.78, 5) is 10.1. The minimum atomic E-state index is -0.500. The van der Waals surface area contributed by atoms with Crippen molar-refractivity contribution < 1.29 is 10.0 Å². The lowest BCUT2D eigenvalue weighted by molar-refractivity contribution is -0.384. The van der Waals surface area contributed by atoms with Gasteiger partial charge in [-0.2, -0.15) is 5.26 Å². The van der Waals surface area contributed by atoms with Gasteiger partial charge >= 0.3 is 0 Å². The van der Waals surface area contributed by atoms with Crippen LogP contribution < -0.4 is 0 Å². The van der Waals surface area contributed by atoms with Crippen molar-refractivity contribution in [1.29, 1.82) is 5.26 Å². The van der Waals surface area contributed by atoms with Crippen LogP contribution >= 0.6 is 15.9 Å². The molecule has 0 aliphatic heterocycles. The van der Waals surface area contributed by atoms with E-state index in [1.807, 2.05) is 6.07 Å². The average molecular weight is 345 g/mol. The number of nitro benzene ring substituents is 1. The molecule has 0 bridgehead atoms. The van der Waals surface area contributed by atoms with Gasteiger partial charge in [0, 0.05) is 22.2 Å². The molecule has 0 fully saturated rings. The van der Waals surface area contributed by atoms with E-state index in [1.165, 1.54) is 36.4 Å². The maximum atomic E-state index is 10.6. The Morgan fingerprint density at radius 3 is 2.52 bits per heavy atom. The third kappa shape index (κ3) is 3.46. The average Bonchev–Trinajstić information content (AvgIpc) is 2.48. The molecular weight excluding hydrogens is 336 g/mol. The molecule has 0 atom stereocenters. The van der Waals surface area contributed by atoms with Crippen molar-refractivity contribution in [2.45, 2.75) is 0 Å². The molecule has 0 amide bonds. The van der Waals surface area contributed by atoms with Crippen molar-refractivity contribution in [1.82, 2.24) is 0 Å². The number of phenols is 1. The molecule has 0 radical (unpaired) electrons. The molecule has 2 rings (SSSR count). The molecule has 0 spiro atoms. The zero-order valence-corrected chi connectivity index (χ0v) is 12.2. The lowest BCUT2D eigenvalue weighted by Gasteiger charge is -2.03. The number of hydrogen-bond acceptors (Lipinski definition) is 4. The molecule has 0 aliphatic rings. The highest BCUT2D eigenvalue weighted by atomic mass is 79.9. The van der Waals surface area contributed by atoms with Crippen molar-refractivity contribution >= 4 is 33.3 Å². The number of allylic oxidation sites excluding steroid dienone is 1.